The third-order valence-electron chi connectivity index (χ3n) is 5.48. The summed E-state index contributed by atoms with van der Waals surface area (Å²) in [6.07, 6.45) is 0. The van der Waals surface area contributed by atoms with Crippen molar-refractivity contribution in [2.75, 3.05) is 11.4 Å². The first-order chi connectivity index (χ1) is 15.6. The second kappa shape index (κ2) is 8.23. The fraction of sp³-hybridized carbons (Fsp3) is 0.115. The van der Waals surface area contributed by atoms with Crippen LogP contribution in [0.4, 0.5) is 10.1 Å². The van der Waals surface area contributed by atoms with Gasteiger partial charge in [0.15, 0.2) is 0 Å². The van der Waals surface area contributed by atoms with Crippen LogP contribution >= 0.6 is 0 Å². The van der Waals surface area contributed by atoms with Gasteiger partial charge in [0.25, 0.3) is 0 Å². The first-order valence-electron chi connectivity index (χ1n) is 10.3. The molecule has 4 aromatic rings. The van der Waals surface area contributed by atoms with Crippen LogP contribution in [0.1, 0.15) is 22.6 Å². The van der Waals surface area contributed by atoms with E-state index >= 15 is 0 Å². The molecule has 0 unspecified atom stereocenters. The standard InChI is InChI=1S/C26H20FN3O2/c1-17-22(29-26(32-17)19-11-5-7-13-21(19)27)16-30-23-14-8-6-12-20(23)25(28-15-24(30)31)18-9-3-2-4-10-18/h2-14H,15-16H2,1H3. The normalized spacial score (nSPS) is 13.5. The molecule has 6 heteroatoms. The van der Waals surface area contributed by atoms with Crippen molar-refractivity contribution in [1.29, 1.82) is 0 Å². The zero-order valence-corrected chi connectivity index (χ0v) is 17.5. The molecule has 5 nitrogen and oxygen atoms in total. The van der Waals surface area contributed by atoms with Gasteiger partial charge in [-0.1, -0.05) is 60.7 Å². The smallest absolute Gasteiger partial charge is 0.249 e. The maximum atomic E-state index is 14.2. The Morgan fingerprint density at radius 3 is 2.41 bits per heavy atom. The summed E-state index contributed by atoms with van der Waals surface area (Å²) >= 11 is 0. The highest BCUT2D eigenvalue weighted by Crippen LogP contribution is 2.30. The number of carbonyl (C=O) groups excluding carboxylic acids is 1. The molecule has 0 saturated carbocycles. The number of amides is 1. The molecule has 0 N–H and O–H groups in total. The van der Waals surface area contributed by atoms with E-state index in [-0.39, 0.29) is 24.9 Å². The number of nitrogens with zero attached hydrogens (tertiary/aromatic N) is 3. The topological polar surface area (TPSA) is 58.7 Å². The second-order valence-corrected chi connectivity index (χ2v) is 7.53. The lowest BCUT2D eigenvalue weighted by Gasteiger charge is -2.22. The van der Waals surface area contributed by atoms with Gasteiger partial charge in [0.2, 0.25) is 11.8 Å². The number of halogens is 1. The lowest BCUT2D eigenvalue weighted by Crippen LogP contribution is -2.32. The minimum atomic E-state index is -0.405. The Morgan fingerprint density at radius 1 is 0.938 bits per heavy atom. The molecule has 5 rings (SSSR count). The molecule has 1 amide bonds. The van der Waals surface area contributed by atoms with Crippen molar-refractivity contribution in [3.8, 4) is 11.5 Å². The molecule has 0 aliphatic carbocycles. The third kappa shape index (κ3) is 3.60. The Balaban J connectivity index is 1.53. The number of benzodiazepines with no additional fused rings is 1. The second-order valence-electron chi connectivity index (χ2n) is 7.53. The molecule has 3 aromatic carbocycles. The molecule has 1 aliphatic heterocycles. The first-order valence-corrected chi connectivity index (χ1v) is 10.3. The van der Waals surface area contributed by atoms with Crippen LogP contribution < -0.4 is 4.90 Å². The number of para-hydroxylation sites is 1. The summed E-state index contributed by atoms with van der Waals surface area (Å²) in [6, 6.07) is 23.9. The number of hydrogen-bond donors (Lipinski definition) is 0. The molecule has 0 atom stereocenters. The minimum absolute atomic E-state index is 0.0238. The average molecular weight is 425 g/mol. The van der Waals surface area contributed by atoms with Gasteiger partial charge in [0.1, 0.15) is 23.8 Å². The van der Waals surface area contributed by atoms with Gasteiger partial charge < -0.3 is 9.32 Å². The molecule has 0 radical (unpaired) electrons. The molecule has 0 bridgehead atoms. The lowest BCUT2D eigenvalue weighted by molar-refractivity contribution is -0.117. The van der Waals surface area contributed by atoms with E-state index in [4.69, 9.17) is 4.42 Å². The fourth-order valence-electron chi connectivity index (χ4n) is 3.85. The number of benzene rings is 3. The van der Waals surface area contributed by atoms with Crippen LogP contribution in [0.25, 0.3) is 11.5 Å². The van der Waals surface area contributed by atoms with E-state index < -0.39 is 5.82 Å². The van der Waals surface area contributed by atoms with Crippen LogP contribution in [0.2, 0.25) is 0 Å². The fourth-order valence-corrected chi connectivity index (χ4v) is 3.85. The highest BCUT2D eigenvalue weighted by atomic mass is 19.1. The first kappa shape index (κ1) is 19.9. The van der Waals surface area contributed by atoms with Gasteiger partial charge in [-0.25, -0.2) is 9.37 Å². The third-order valence-corrected chi connectivity index (χ3v) is 5.48. The molecule has 0 saturated heterocycles. The molecular weight excluding hydrogens is 405 g/mol. The van der Waals surface area contributed by atoms with Gasteiger partial charge in [-0.3, -0.25) is 9.79 Å². The number of aliphatic imine (C=N–C) groups is 1. The van der Waals surface area contributed by atoms with Crippen molar-refractivity contribution in [3.63, 3.8) is 0 Å². The summed E-state index contributed by atoms with van der Waals surface area (Å²) in [5, 5.41) is 0. The summed E-state index contributed by atoms with van der Waals surface area (Å²) in [6.45, 7) is 2.00. The number of aryl methyl sites for hydroxylation is 1. The van der Waals surface area contributed by atoms with Crippen molar-refractivity contribution < 1.29 is 13.6 Å². The van der Waals surface area contributed by atoms with Gasteiger partial charge in [0.05, 0.1) is 23.5 Å². The van der Waals surface area contributed by atoms with Crippen LogP contribution in [0.3, 0.4) is 0 Å². The predicted octanol–water partition coefficient (Wildman–Crippen LogP) is 5.17. The van der Waals surface area contributed by atoms with E-state index in [1.54, 1.807) is 30.0 Å². The van der Waals surface area contributed by atoms with Gasteiger partial charge >= 0.3 is 0 Å². The van der Waals surface area contributed by atoms with Crippen LogP contribution in [-0.4, -0.2) is 23.1 Å². The summed E-state index contributed by atoms with van der Waals surface area (Å²) in [5.74, 6) is 0.199. The molecule has 0 spiro atoms. The Morgan fingerprint density at radius 2 is 1.62 bits per heavy atom. The molecule has 2 heterocycles. The van der Waals surface area contributed by atoms with Crippen molar-refractivity contribution in [2.45, 2.75) is 13.5 Å². The summed E-state index contributed by atoms with van der Waals surface area (Å²) in [5.41, 5.74) is 4.23. The van der Waals surface area contributed by atoms with Crippen molar-refractivity contribution in [1.82, 2.24) is 4.98 Å². The SMILES string of the molecule is Cc1oc(-c2ccccc2F)nc1CN1C(=O)CN=C(c2ccccc2)c2ccccc21. The maximum Gasteiger partial charge on any atom is 0.249 e. The van der Waals surface area contributed by atoms with E-state index in [1.165, 1.54) is 6.07 Å². The van der Waals surface area contributed by atoms with Crippen molar-refractivity contribution >= 4 is 17.3 Å². The number of anilines is 1. The molecule has 158 valence electrons. The maximum absolute atomic E-state index is 14.2. The highest BCUT2D eigenvalue weighted by molar-refractivity contribution is 6.19. The average Bonchev–Trinajstić information content (AvgIpc) is 3.11. The lowest BCUT2D eigenvalue weighted by atomic mass is 10.00. The zero-order chi connectivity index (χ0) is 22.1. The molecular formula is C26H20FN3O2. The Hall–Kier alpha value is -4.06. The van der Waals surface area contributed by atoms with Crippen LogP contribution in [0.5, 0.6) is 0 Å². The minimum Gasteiger partial charge on any atom is -0.441 e. The summed E-state index contributed by atoms with van der Waals surface area (Å²) in [7, 11) is 0. The van der Waals surface area contributed by atoms with Crippen LogP contribution in [0.15, 0.2) is 88.3 Å². The Labute approximate surface area is 184 Å². The number of rotatable bonds is 4. The Bertz CT molecular complexity index is 1330. The van der Waals surface area contributed by atoms with E-state index in [2.05, 4.69) is 9.98 Å². The number of carbonyl (C=O) groups is 1. The molecule has 1 aliphatic rings. The van der Waals surface area contributed by atoms with Gasteiger partial charge in [-0.15, -0.1) is 0 Å². The summed E-state index contributed by atoms with van der Waals surface area (Å²) in [4.78, 5) is 23.9. The monoisotopic (exact) mass is 425 g/mol. The van der Waals surface area contributed by atoms with Crippen LogP contribution in [0, 0.1) is 12.7 Å². The summed E-state index contributed by atoms with van der Waals surface area (Å²) < 4.78 is 20.0. The van der Waals surface area contributed by atoms with E-state index in [0.29, 0.717) is 17.0 Å². The quantitative estimate of drug-likeness (QED) is 0.453. The molecule has 0 fully saturated rings. The van der Waals surface area contributed by atoms with E-state index in [9.17, 15) is 9.18 Å². The van der Waals surface area contributed by atoms with Gasteiger partial charge in [-0.2, -0.15) is 0 Å². The largest absolute Gasteiger partial charge is 0.441 e. The number of fused-ring (bicyclic) bond motifs is 1. The number of oxazole rings is 1. The zero-order valence-electron chi connectivity index (χ0n) is 17.5. The van der Waals surface area contributed by atoms with E-state index in [0.717, 1.165) is 22.5 Å². The Kier molecular flexibility index (Phi) is 5.11. The number of hydrogen-bond acceptors (Lipinski definition) is 4. The highest BCUT2D eigenvalue weighted by Gasteiger charge is 2.27. The molecule has 1 aromatic heterocycles. The van der Waals surface area contributed by atoms with Gasteiger partial charge in [0, 0.05) is 11.1 Å². The predicted molar refractivity (Wildman–Crippen MR) is 121 cm³/mol. The van der Waals surface area contributed by atoms with Crippen molar-refractivity contribution in [3.05, 3.63) is 107 Å². The number of aromatic nitrogens is 1. The van der Waals surface area contributed by atoms with Crippen LogP contribution in [-0.2, 0) is 11.3 Å². The van der Waals surface area contributed by atoms with E-state index in [1.807, 2.05) is 54.6 Å². The molecule has 32 heavy (non-hydrogen) atoms. The van der Waals surface area contributed by atoms with Gasteiger partial charge in [-0.05, 0) is 25.1 Å². The van der Waals surface area contributed by atoms with Crippen molar-refractivity contribution in [2.24, 2.45) is 4.99 Å².